The minimum atomic E-state index is 0.319. The van der Waals surface area contributed by atoms with E-state index in [0.717, 1.165) is 27.4 Å². The predicted molar refractivity (Wildman–Crippen MR) is 68.5 cm³/mol. The van der Waals surface area contributed by atoms with E-state index in [2.05, 4.69) is 40.8 Å². The van der Waals surface area contributed by atoms with Crippen LogP contribution in [0.2, 0.25) is 0 Å². The summed E-state index contributed by atoms with van der Waals surface area (Å²) >= 11 is 3.46. The highest BCUT2D eigenvalue weighted by molar-refractivity contribution is 9.10. The van der Waals surface area contributed by atoms with Crippen LogP contribution in [-0.2, 0) is 0 Å². The Hall–Kier alpha value is -1.09. The van der Waals surface area contributed by atoms with Crippen LogP contribution in [0.1, 0.15) is 31.4 Å². The molecule has 0 saturated heterocycles. The lowest BCUT2D eigenvalue weighted by Gasteiger charge is -1.97. The van der Waals surface area contributed by atoms with Crippen LogP contribution in [0.3, 0.4) is 0 Å². The van der Waals surface area contributed by atoms with Crippen LogP contribution in [0, 0.1) is 6.92 Å². The normalized spacial score (nSPS) is 11.1. The first kappa shape index (κ1) is 11.4. The average Bonchev–Trinajstić information content (AvgIpc) is 2.60. The number of nitrogens with zero attached hydrogens (tertiary/aromatic N) is 1. The Morgan fingerprint density at radius 1 is 1.31 bits per heavy atom. The van der Waals surface area contributed by atoms with Gasteiger partial charge in [0.25, 0.3) is 0 Å². The van der Waals surface area contributed by atoms with Gasteiger partial charge in [0.05, 0.1) is 0 Å². The van der Waals surface area contributed by atoms with Gasteiger partial charge in [-0.05, 0) is 19.1 Å². The first-order valence-corrected chi connectivity index (χ1v) is 6.10. The Bertz CT molecular complexity index is 502. The van der Waals surface area contributed by atoms with Crippen LogP contribution in [-0.4, -0.2) is 4.98 Å². The number of hydrogen-bond donors (Lipinski definition) is 0. The molecule has 3 heteroatoms. The van der Waals surface area contributed by atoms with Gasteiger partial charge in [0, 0.05) is 16.0 Å². The number of rotatable bonds is 2. The van der Waals surface area contributed by atoms with E-state index in [1.54, 1.807) is 0 Å². The topological polar surface area (TPSA) is 26.0 Å². The first-order chi connectivity index (χ1) is 7.58. The average molecular weight is 280 g/mol. The lowest BCUT2D eigenvalue weighted by atomic mass is 10.1. The van der Waals surface area contributed by atoms with Crippen molar-refractivity contribution in [1.29, 1.82) is 0 Å². The second kappa shape index (κ2) is 4.42. The quantitative estimate of drug-likeness (QED) is 0.807. The molecule has 1 heterocycles. The fraction of sp³-hybridized carbons (Fsp3) is 0.308. The standard InChI is InChI=1S/C13H14BrNO/c1-8(2)13-15-12(9(3)16-13)10-5-4-6-11(14)7-10/h4-8H,1-3H3. The molecule has 1 aromatic carbocycles. The third-order valence-corrected chi connectivity index (χ3v) is 2.90. The summed E-state index contributed by atoms with van der Waals surface area (Å²) in [7, 11) is 0. The highest BCUT2D eigenvalue weighted by Gasteiger charge is 2.13. The molecule has 16 heavy (non-hydrogen) atoms. The molecule has 0 N–H and O–H groups in total. The molecule has 0 radical (unpaired) electrons. The maximum atomic E-state index is 5.64. The van der Waals surface area contributed by atoms with Crippen LogP contribution >= 0.6 is 15.9 Å². The van der Waals surface area contributed by atoms with Crippen molar-refractivity contribution in [3.63, 3.8) is 0 Å². The Morgan fingerprint density at radius 3 is 2.62 bits per heavy atom. The number of oxazole rings is 1. The van der Waals surface area contributed by atoms with Crippen molar-refractivity contribution in [2.24, 2.45) is 0 Å². The molecule has 2 aromatic rings. The summed E-state index contributed by atoms with van der Waals surface area (Å²) in [5, 5.41) is 0. The molecule has 0 bridgehead atoms. The fourth-order valence-electron chi connectivity index (χ4n) is 1.57. The number of halogens is 1. The van der Waals surface area contributed by atoms with Crippen molar-refractivity contribution in [3.8, 4) is 11.3 Å². The molecule has 0 aliphatic rings. The molecule has 0 aliphatic heterocycles. The monoisotopic (exact) mass is 279 g/mol. The van der Waals surface area contributed by atoms with E-state index < -0.39 is 0 Å². The Morgan fingerprint density at radius 2 is 2.06 bits per heavy atom. The predicted octanol–water partition coefficient (Wildman–Crippen LogP) is 4.54. The maximum Gasteiger partial charge on any atom is 0.197 e. The summed E-state index contributed by atoms with van der Waals surface area (Å²) in [4.78, 5) is 4.53. The second-order valence-corrected chi connectivity index (χ2v) is 5.04. The van der Waals surface area contributed by atoms with Crippen LogP contribution < -0.4 is 0 Å². The largest absolute Gasteiger partial charge is 0.445 e. The maximum absolute atomic E-state index is 5.64. The number of aromatic nitrogens is 1. The molecule has 2 nitrogen and oxygen atoms in total. The van der Waals surface area contributed by atoms with E-state index in [4.69, 9.17) is 4.42 Å². The Balaban J connectivity index is 2.48. The molecule has 0 saturated carbocycles. The van der Waals surface area contributed by atoms with Gasteiger partial charge < -0.3 is 4.42 Å². The summed E-state index contributed by atoms with van der Waals surface area (Å²) in [6, 6.07) is 8.10. The molecule has 0 unspecified atom stereocenters. The van der Waals surface area contributed by atoms with Crippen LogP contribution in [0.25, 0.3) is 11.3 Å². The van der Waals surface area contributed by atoms with E-state index in [1.165, 1.54) is 0 Å². The van der Waals surface area contributed by atoms with Crippen LogP contribution in [0.5, 0.6) is 0 Å². The van der Waals surface area contributed by atoms with Gasteiger partial charge in [-0.15, -0.1) is 0 Å². The van der Waals surface area contributed by atoms with E-state index in [9.17, 15) is 0 Å². The highest BCUT2D eigenvalue weighted by Crippen LogP contribution is 2.28. The number of aryl methyl sites for hydroxylation is 1. The fourth-order valence-corrected chi connectivity index (χ4v) is 1.97. The third-order valence-electron chi connectivity index (χ3n) is 2.41. The zero-order valence-corrected chi connectivity index (χ0v) is 11.2. The highest BCUT2D eigenvalue weighted by atomic mass is 79.9. The van der Waals surface area contributed by atoms with E-state index in [0.29, 0.717) is 5.92 Å². The first-order valence-electron chi connectivity index (χ1n) is 5.31. The number of hydrogen-bond acceptors (Lipinski definition) is 2. The van der Waals surface area contributed by atoms with Gasteiger partial charge in [0.15, 0.2) is 5.89 Å². The molecule has 1 aromatic heterocycles. The van der Waals surface area contributed by atoms with Gasteiger partial charge >= 0.3 is 0 Å². The minimum Gasteiger partial charge on any atom is -0.445 e. The summed E-state index contributed by atoms with van der Waals surface area (Å²) in [5.74, 6) is 1.99. The Kier molecular flexibility index (Phi) is 3.15. The van der Waals surface area contributed by atoms with Gasteiger partial charge in [0.1, 0.15) is 11.5 Å². The summed E-state index contributed by atoms with van der Waals surface area (Å²) in [5.41, 5.74) is 2.02. The van der Waals surface area contributed by atoms with Crippen LogP contribution in [0.15, 0.2) is 33.2 Å². The molecule has 84 valence electrons. The zero-order valence-electron chi connectivity index (χ0n) is 9.62. The van der Waals surface area contributed by atoms with Gasteiger partial charge in [-0.3, -0.25) is 0 Å². The van der Waals surface area contributed by atoms with Crippen LogP contribution in [0.4, 0.5) is 0 Å². The van der Waals surface area contributed by atoms with E-state index in [1.807, 2.05) is 25.1 Å². The molecular weight excluding hydrogens is 266 g/mol. The van der Waals surface area contributed by atoms with Gasteiger partial charge in [-0.1, -0.05) is 41.9 Å². The summed E-state index contributed by atoms with van der Waals surface area (Å²) in [6.07, 6.45) is 0. The molecular formula is C13H14BrNO. The SMILES string of the molecule is Cc1oc(C(C)C)nc1-c1cccc(Br)c1. The second-order valence-electron chi connectivity index (χ2n) is 4.12. The molecule has 0 fully saturated rings. The lowest BCUT2D eigenvalue weighted by molar-refractivity contribution is 0.450. The smallest absolute Gasteiger partial charge is 0.197 e. The van der Waals surface area contributed by atoms with E-state index in [-0.39, 0.29) is 0 Å². The summed E-state index contributed by atoms with van der Waals surface area (Å²) < 4.78 is 6.70. The minimum absolute atomic E-state index is 0.319. The molecule has 0 atom stereocenters. The van der Waals surface area contributed by atoms with Crippen molar-refractivity contribution in [2.45, 2.75) is 26.7 Å². The third kappa shape index (κ3) is 2.19. The molecule has 0 aliphatic carbocycles. The van der Waals surface area contributed by atoms with Gasteiger partial charge in [-0.25, -0.2) is 4.98 Å². The zero-order chi connectivity index (χ0) is 11.7. The van der Waals surface area contributed by atoms with Crippen molar-refractivity contribution in [1.82, 2.24) is 4.98 Å². The van der Waals surface area contributed by atoms with Crippen molar-refractivity contribution >= 4 is 15.9 Å². The van der Waals surface area contributed by atoms with Gasteiger partial charge in [0.2, 0.25) is 0 Å². The van der Waals surface area contributed by atoms with Gasteiger partial charge in [-0.2, -0.15) is 0 Å². The van der Waals surface area contributed by atoms with Crippen molar-refractivity contribution in [3.05, 3.63) is 40.4 Å². The van der Waals surface area contributed by atoms with Crippen molar-refractivity contribution < 1.29 is 4.42 Å². The molecule has 0 amide bonds. The molecule has 2 rings (SSSR count). The van der Waals surface area contributed by atoms with Crippen molar-refractivity contribution in [2.75, 3.05) is 0 Å². The molecule has 0 spiro atoms. The Labute approximate surface area is 104 Å². The van der Waals surface area contributed by atoms with E-state index >= 15 is 0 Å². The number of benzene rings is 1. The summed E-state index contributed by atoms with van der Waals surface area (Å²) in [6.45, 7) is 6.11. The lowest BCUT2D eigenvalue weighted by Crippen LogP contribution is -1.86.